The van der Waals surface area contributed by atoms with Gasteiger partial charge >= 0.3 is 5.97 Å². The van der Waals surface area contributed by atoms with Crippen LogP contribution in [-0.4, -0.2) is 19.2 Å². The summed E-state index contributed by atoms with van der Waals surface area (Å²) in [5.74, 6) is 0.280. The van der Waals surface area contributed by atoms with Gasteiger partial charge in [-0.05, 0) is 25.5 Å². The first-order valence-electron chi connectivity index (χ1n) is 6.25. The Morgan fingerprint density at radius 3 is 2.53 bits per heavy atom. The van der Waals surface area contributed by atoms with Crippen molar-refractivity contribution in [2.45, 2.75) is 13.8 Å². The average molecular weight is 276 g/mol. The normalized spacial score (nSPS) is 10.2. The van der Waals surface area contributed by atoms with E-state index in [1.54, 1.807) is 6.92 Å². The maximum atomic E-state index is 11.9. The molecule has 0 spiro atoms. The van der Waals surface area contributed by atoms with Gasteiger partial charge in [0.05, 0.1) is 13.2 Å². The molecular weight excluding hydrogens is 260 g/mol. The minimum absolute atomic E-state index is 0.321. The smallest absolute Gasteiger partial charge is 0.352 e. The molecule has 3 nitrogen and oxygen atoms in total. The molecule has 1 aromatic carbocycles. The summed E-state index contributed by atoms with van der Waals surface area (Å²) in [5, 5.41) is 0. The number of benzene rings is 1. The van der Waals surface area contributed by atoms with Gasteiger partial charge in [-0.3, -0.25) is 0 Å². The summed E-state index contributed by atoms with van der Waals surface area (Å²) in [6.45, 7) is 4.58. The molecule has 0 saturated carbocycles. The minimum Gasteiger partial charge on any atom is -0.492 e. The molecule has 19 heavy (non-hydrogen) atoms. The molecule has 0 fully saturated rings. The van der Waals surface area contributed by atoms with Gasteiger partial charge in [-0.2, -0.15) is 0 Å². The van der Waals surface area contributed by atoms with Crippen molar-refractivity contribution in [3.63, 3.8) is 0 Å². The van der Waals surface area contributed by atoms with Crippen LogP contribution in [0.1, 0.15) is 23.5 Å². The van der Waals surface area contributed by atoms with Gasteiger partial charge in [0.25, 0.3) is 0 Å². The van der Waals surface area contributed by atoms with Crippen molar-refractivity contribution in [3.05, 3.63) is 41.3 Å². The van der Waals surface area contributed by atoms with Gasteiger partial charge in [0.2, 0.25) is 0 Å². The van der Waals surface area contributed by atoms with E-state index in [0.29, 0.717) is 23.8 Å². The number of esters is 1. The molecular formula is C15H16O3S. The summed E-state index contributed by atoms with van der Waals surface area (Å²) in [6.07, 6.45) is 0. The molecule has 0 aliphatic heterocycles. The quantitative estimate of drug-likeness (QED) is 0.775. The Morgan fingerprint density at radius 2 is 1.89 bits per heavy atom. The molecule has 0 aliphatic rings. The van der Waals surface area contributed by atoms with Gasteiger partial charge in [0.15, 0.2) is 4.88 Å². The lowest BCUT2D eigenvalue weighted by atomic mass is 10.2. The van der Waals surface area contributed by atoms with Crippen molar-refractivity contribution in [2.24, 2.45) is 0 Å². The Balaban J connectivity index is 2.37. The van der Waals surface area contributed by atoms with Crippen molar-refractivity contribution >= 4 is 17.3 Å². The number of thiophene rings is 1. The van der Waals surface area contributed by atoms with Crippen molar-refractivity contribution in [1.29, 1.82) is 0 Å². The van der Waals surface area contributed by atoms with Gasteiger partial charge in [-0.25, -0.2) is 4.79 Å². The lowest BCUT2D eigenvalue weighted by Crippen LogP contribution is -2.04. The third-order valence-corrected chi connectivity index (χ3v) is 3.66. The van der Waals surface area contributed by atoms with E-state index in [1.165, 1.54) is 11.3 Å². The van der Waals surface area contributed by atoms with Crippen molar-refractivity contribution < 1.29 is 14.3 Å². The van der Waals surface area contributed by atoms with E-state index in [-0.39, 0.29) is 5.97 Å². The molecule has 0 amide bonds. The fraction of sp³-hybridized carbons (Fsp3) is 0.267. The molecule has 0 saturated heterocycles. The van der Waals surface area contributed by atoms with Crippen LogP contribution in [0, 0.1) is 0 Å². The Morgan fingerprint density at radius 1 is 1.16 bits per heavy atom. The molecule has 0 N–H and O–H groups in total. The van der Waals surface area contributed by atoms with Gasteiger partial charge in [-0.1, -0.05) is 30.3 Å². The number of ether oxygens (including phenoxy) is 2. The van der Waals surface area contributed by atoms with Gasteiger partial charge in [0, 0.05) is 4.88 Å². The lowest BCUT2D eigenvalue weighted by Gasteiger charge is -2.03. The Bertz CT molecular complexity index is 546. The first kappa shape index (κ1) is 13.6. The SMILES string of the molecule is CCOC(=O)c1sc(-c2ccccc2)cc1OCC. The highest BCUT2D eigenvalue weighted by Gasteiger charge is 2.19. The standard InChI is InChI=1S/C15H16O3S/c1-3-17-12-10-13(11-8-6-5-7-9-11)19-14(12)15(16)18-4-2/h5-10H,3-4H2,1-2H3. The fourth-order valence-corrected chi connectivity index (χ4v) is 2.72. The van der Waals surface area contributed by atoms with E-state index in [0.717, 1.165) is 10.4 Å². The van der Waals surface area contributed by atoms with E-state index in [9.17, 15) is 4.79 Å². The highest BCUT2D eigenvalue weighted by atomic mass is 32.1. The summed E-state index contributed by atoms with van der Waals surface area (Å²) in [4.78, 5) is 13.4. The predicted octanol–water partition coefficient (Wildman–Crippen LogP) is 3.99. The monoisotopic (exact) mass is 276 g/mol. The van der Waals surface area contributed by atoms with Crippen LogP contribution in [0.2, 0.25) is 0 Å². The summed E-state index contributed by atoms with van der Waals surface area (Å²) in [6, 6.07) is 11.8. The van der Waals surface area contributed by atoms with E-state index in [4.69, 9.17) is 9.47 Å². The van der Waals surface area contributed by atoms with E-state index < -0.39 is 0 Å². The lowest BCUT2D eigenvalue weighted by molar-refractivity contribution is 0.0528. The first-order valence-corrected chi connectivity index (χ1v) is 7.07. The van der Waals surface area contributed by atoms with E-state index >= 15 is 0 Å². The van der Waals surface area contributed by atoms with Crippen LogP contribution in [-0.2, 0) is 4.74 Å². The van der Waals surface area contributed by atoms with Crippen LogP contribution in [0.4, 0.5) is 0 Å². The zero-order valence-corrected chi connectivity index (χ0v) is 11.8. The Hall–Kier alpha value is -1.81. The molecule has 0 bridgehead atoms. The van der Waals surface area contributed by atoms with Gasteiger partial charge < -0.3 is 9.47 Å². The largest absolute Gasteiger partial charge is 0.492 e. The highest BCUT2D eigenvalue weighted by molar-refractivity contribution is 7.17. The summed E-state index contributed by atoms with van der Waals surface area (Å²) in [5.41, 5.74) is 1.07. The zero-order chi connectivity index (χ0) is 13.7. The Labute approximate surface area is 116 Å². The van der Waals surface area contributed by atoms with Gasteiger partial charge in [-0.15, -0.1) is 11.3 Å². The second-order valence-electron chi connectivity index (χ2n) is 3.82. The zero-order valence-electron chi connectivity index (χ0n) is 11.0. The number of rotatable bonds is 5. The molecule has 100 valence electrons. The number of hydrogen-bond acceptors (Lipinski definition) is 4. The van der Waals surface area contributed by atoms with Crippen LogP contribution in [0.3, 0.4) is 0 Å². The number of carbonyl (C=O) groups is 1. The molecule has 2 aromatic rings. The highest BCUT2D eigenvalue weighted by Crippen LogP contribution is 2.36. The average Bonchev–Trinajstić information content (AvgIpc) is 2.85. The van der Waals surface area contributed by atoms with Crippen LogP contribution in [0.5, 0.6) is 5.75 Å². The topological polar surface area (TPSA) is 35.5 Å². The third kappa shape index (κ3) is 3.15. The minimum atomic E-state index is -0.321. The van der Waals surface area contributed by atoms with Crippen LogP contribution >= 0.6 is 11.3 Å². The molecule has 4 heteroatoms. The van der Waals surface area contributed by atoms with Crippen molar-refractivity contribution in [2.75, 3.05) is 13.2 Å². The second kappa shape index (κ2) is 6.38. The van der Waals surface area contributed by atoms with Crippen LogP contribution in [0.25, 0.3) is 10.4 Å². The third-order valence-electron chi connectivity index (χ3n) is 2.52. The molecule has 1 aromatic heterocycles. The van der Waals surface area contributed by atoms with Gasteiger partial charge in [0.1, 0.15) is 5.75 Å². The fourth-order valence-electron chi connectivity index (χ4n) is 1.72. The maximum absolute atomic E-state index is 11.9. The summed E-state index contributed by atoms with van der Waals surface area (Å²) < 4.78 is 10.6. The van der Waals surface area contributed by atoms with E-state index in [2.05, 4.69) is 0 Å². The van der Waals surface area contributed by atoms with Crippen LogP contribution < -0.4 is 4.74 Å². The maximum Gasteiger partial charge on any atom is 0.352 e. The molecule has 0 aliphatic carbocycles. The second-order valence-corrected chi connectivity index (χ2v) is 4.88. The number of carbonyl (C=O) groups excluding carboxylic acids is 1. The molecule has 0 radical (unpaired) electrons. The molecule has 2 rings (SSSR count). The van der Waals surface area contributed by atoms with Crippen LogP contribution in [0.15, 0.2) is 36.4 Å². The molecule has 0 atom stereocenters. The van der Waals surface area contributed by atoms with Crippen molar-refractivity contribution in [3.8, 4) is 16.2 Å². The Kier molecular flexibility index (Phi) is 4.58. The first-order chi connectivity index (χ1) is 9.26. The molecule has 1 heterocycles. The summed E-state index contributed by atoms with van der Waals surface area (Å²) >= 11 is 1.40. The number of hydrogen-bond donors (Lipinski definition) is 0. The van der Waals surface area contributed by atoms with Crippen molar-refractivity contribution in [1.82, 2.24) is 0 Å². The van der Waals surface area contributed by atoms with E-state index in [1.807, 2.05) is 43.3 Å². The molecule has 0 unspecified atom stereocenters. The predicted molar refractivity (Wildman–Crippen MR) is 76.9 cm³/mol. The summed E-state index contributed by atoms with van der Waals surface area (Å²) in [7, 11) is 0.